The lowest BCUT2D eigenvalue weighted by molar-refractivity contribution is -0.132. The number of aryl methyl sites for hydroxylation is 2. The first-order chi connectivity index (χ1) is 15.4. The highest BCUT2D eigenvalue weighted by Gasteiger charge is 2.26. The number of rotatable bonds is 7. The number of benzene rings is 2. The normalized spacial score (nSPS) is 15.3. The first-order valence-corrected chi connectivity index (χ1v) is 12.4. The van der Waals surface area contributed by atoms with E-state index in [0.29, 0.717) is 39.0 Å². The number of nitrogens with one attached hydrogen (secondary N) is 1. The van der Waals surface area contributed by atoms with Crippen LogP contribution >= 0.6 is 0 Å². The van der Waals surface area contributed by atoms with Crippen molar-refractivity contribution in [2.24, 2.45) is 0 Å². The van der Waals surface area contributed by atoms with E-state index in [0.717, 1.165) is 11.0 Å². The predicted molar refractivity (Wildman–Crippen MR) is 123 cm³/mol. The van der Waals surface area contributed by atoms with Gasteiger partial charge in [0.1, 0.15) is 0 Å². The van der Waals surface area contributed by atoms with Gasteiger partial charge in [-0.25, -0.2) is 17.9 Å². The van der Waals surface area contributed by atoms with Crippen molar-refractivity contribution in [3.8, 4) is 0 Å². The second-order valence-electron chi connectivity index (χ2n) is 8.01. The van der Waals surface area contributed by atoms with Gasteiger partial charge in [-0.05, 0) is 44.0 Å². The summed E-state index contributed by atoms with van der Waals surface area (Å²) in [5, 5.41) is 0. The molecule has 3 aromatic rings. The van der Waals surface area contributed by atoms with Gasteiger partial charge in [0, 0.05) is 38.6 Å². The number of carbonyl (C=O) groups is 1. The molecule has 8 nitrogen and oxygen atoms in total. The van der Waals surface area contributed by atoms with Gasteiger partial charge < -0.3 is 4.90 Å². The highest BCUT2D eigenvalue weighted by atomic mass is 32.2. The summed E-state index contributed by atoms with van der Waals surface area (Å²) in [6.45, 7) is 3.82. The maximum Gasteiger partial charge on any atom is 0.329 e. The third-order valence-corrected chi connectivity index (χ3v) is 7.55. The Balaban J connectivity index is 1.34. The molecule has 1 amide bonds. The molecule has 1 saturated heterocycles. The monoisotopic (exact) mass is 456 g/mol. The average Bonchev–Trinajstić information content (AvgIpc) is 3.08. The van der Waals surface area contributed by atoms with E-state index < -0.39 is 10.0 Å². The number of amides is 1. The SMILES string of the molecule is CCn1c(=O)n(CCC(=O)N2CCC(NS(=O)(=O)c3ccccc3)CC2)c2ccccc21. The van der Waals surface area contributed by atoms with Crippen molar-refractivity contribution < 1.29 is 13.2 Å². The number of imidazole rings is 1. The zero-order chi connectivity index (χ0) is 22.7. The molecule has 4 rings (SSSR count). The van der Waals surface area contributed by atoms with Gasteiger partial charge in [0.15, 0.2) is 0 Å². The Morgan fingerprint density at radius 2 is 1.56 bits per heavy atom. The molecule has 1 aliphatic heterocycles. The van der Waals surface area contributed by atoms with Crippen LogP contribution in [0.1, 0.15) is 26.2 Å². The topological polar surface area (TPSA) is 93.4 Å². The van der Waals surface area contributed by atoms with E-state index in [4.69, 9.17) is 0 Å². The number of hydrogen-bond donors (Lipinski definition) is 1. The van der Waals surface area contributed by atoms with Crippen LogP contribution in [-0.2, 0) is 27.9 Å². The minimum atomic E-state index is -3.56. The van der Waals surface area contributed by atoms with Crippen molar-refractivity contribution in [3.63, 3.8) is 0 Å². The standard InChI is InChI=1S/C23H28N4O4S/c1-2-26-20-10-6-7-11-21(20)27(23(26)29)17-14-22(28)25-15-12-18(13-16-25)24-32(30,31)19-8-4-3-5-9-19/h3-11,18,24H,2,12-17H2,1H3. The maximum absolute atomic E-state index is 12.8. The fraction of sp³-hybridized carbons (Fsp3) is 0.391. The van der Waals surface area contributed by atoms with Crippen LogP contribution in [-0.4, -0.2) is 47.5 Å². The molecule has 0 saturated carbocycles. The van der Waals surface area contributed by atoms with Gasteiger partial charge in [0.25, 0.3) is 0 Å². The fourth-order valence-electron chi connectivity index (χ4n) is 4.29. The van der Waals surface area contributed by atoms with Crippen LogP contribution in [0.4, 0.5) is 0 Å². The molecule has 0 aliphatic carbocycles. The first-order valence-electron chi connectivity index (χ1n) is 10.9. The lowest BCUT2D eigenvalue weighted by atomic mass is 10.1. The van der Waals surface area contributed by atoms with Crippen LogP contribution in [0.5, 0.6) is 0 Å². The van der Waals surface area contributed by atoms with Crippen LogP contribution in [0, 0.1) is 0 Å². The second-order valence-corrected chi connectivity index (χ2v) is 9.72. The van der Waals surface area contributed by atoms with Gasteiger partial charge in [-0.15, -0.1) is 0 Å². The van der Waals surface area contributed by atoms with E-state index in [9.17, 15) is 18.0 Å². The van der Waals surface area contributed by atoms with Gasteiger partial charge in [-0.1, -0.05) is 30.3 Å². The van der Waals surface area contributed by atoms with Crippen molar-refractivity contribution in [1.29, 1.82) is 0 Å². The number of hydrogen-bond acceptors (Lipinski definition) is 4. The van der Waals surface area contributed by atoms with Crippen molar-refractivity contribution >= 4 is 27.0 Å². The molecule has 0 radical (unpaired) electrons. The minimum absolute atomic E-state index is 0.0189. The van der Waals surface area contributed by atoms with E-state index in [1.807, 2.05) is 31.2 Å². The summed E-state index contributed by atoms with van der Waals surface area (Å²) in [6.07, 6.45) is 1.36. The highest BCUT2D eigenvalue weighted by molar-refractivity contribution is 7.89. The van der Waals surface area contributed by atoms with E-state index in [1.54, 1.807) is 44.4 Å². The van der Waals surface area contributed by atoms with Crippen molar-refractivity contribution in [2.75, 3.05) is 13.1 Å². The molecule has 170 valence electrons. The largest absolute Gasteiger partial charge is 0.343 e. The Labute approximate surface area is 187 Å². The highest BCUT2D eigenvalue weighted by Crippen LogP contribution is 2.17. The van der Waals surface area contributed by atoms with E-state index in [1.165, 1.54) is 0 Å². The summed E-state index contributed by atoms with van der Waals surface area (Å²) in [5.41, 5.74) is 1.61. The van der Waals surface area contributed by atoms with Crippen LogP contribution in [0.3, 0.4) is 0 Å². The van der Waals surface area contributed by atoms with Crippen LogP contribution < -0.4 is 10.4 Å². The van der Waals surface area contributed by atoms with Crippen LogP contribution in [0.25, 0.3) is 11.0 Å². The van der Waals surface area contributed by atoms with Crippen LogP contribution in [0.15, 0.2) is 64.3 Å². The summed E-state index contributed by atoms with van der Waals surface area (Å²) in [4.78, 5) is 27.5. The van der Waals surface area contributed by atoms with Crippen molar-refractivity contribution in [2.45, 2.75) is 50.2 Å². The molecule has 32 heavy (non-hydrogen) atoms. The number of aromatic nitrogens is 2. The smallest absolute Gasteiger partial charge is 0.329 e. The van der Waals surface area contributed by atoms with E-state index in [2.05, 4.69) is 4.72 Å². The first kappa shape index (κ1) is 22.3. The summed E-state index contributed by atoms with van der Waals surface area (Å²) in [7, 11) is -3.56. The van der Waals surface area contributed by atoms with Gasteiger partial charge in [0.05, 0.1) is 15.9 Å². The third kappa shape index (κ3) is 4.49. The molecule has 1 aromatic heterocycles. The minimum Gasteiger partial charge on any atom is -0.343 e. The van der Waals surface area contributed by atoms with Gasteiger partial charge >= 0.3 is 5.69 Å². The van der Waals surface area contributed by atoms with Gasteiger partial charge in [-0.2, -0.15) is 0 Å². The third-order valence-electron chi connectivity index (χ3n) is 6.01. The number of para-hydroxylation sites is 2. The Morgan fingerprint density at radius 1 is 0.969 bits per heavy atom. The molecule has 0 bridgehead atoms. The number of sulfonamides is 1. The molecule has 0 spiro atoms. The number of carbonyl (C=O) groups excluding carboxylic acids is 1. The molecule has 0 atom stereocenters. The molecule has 2 aromatic carbocycles. The summed E-state index contributed by atoms with van der Waals surface area (Å²) >= 11 is 0. The zero-order valence-electron chi connectivity index (χ0n) is 18.1. The molecule has 1 N–H and O–H groups in total. The van der Waals surface area contributed by atoms with Crippen molar-refractivity contribution in [1.82, 2.24) is 18.8 Å². The summed E-state index contributed by atoms with van der Waals surface area (Å²) < 4.78 is 31.2. The lowest BCUT2D eigenvalue weighted by Gasteiger charge is -2.32. The molecule has 0 unspecified atom stereocenters. The van der Waals surface area contributed by atoms with Gasteiger partial charge in [0.2, 0.25) is 15.9 Å². The number of fused-ring (bicyclic) bond motifs is 1. The molecular weight excluding hydrogens is 428 g/mol. The van der Waals surface area contributed by atoms with E-state index >= 15 is 0 Å². The quantitative estimate of drug-likeness (QED) is 0.590. The Kier molecular flexibility index (Phi) is 6.48. The van der Waals surface area contributed by atoms with Crippen molar-refractivity contribution in [3.05, 3.63) is 65.1 Å². The lowest BCUT2D eigenvalue weighted by Crippen LogP contribution is -2.46. The molecular formula is C23H28N4O4S. The zero-order valence-corrected chi connectivity index (χ0v) is 18.9. The predicted octanol–water partition coefficient (Wildman–Crippen LogP) is 2.18. The maximum atomic E-state index is 12.8. The molecule has 9 heteroatoms. The average molecular weight is 457 g/mol. The van der Waals surface area contributed by atoms with Crippen LogP contribution in [0.2, 0.25) is 0 Å². The fourth-order valence-corrected chi connectivity index (χ4v) is 5.62. The van der Waals surface area contributed by atoms with Gasteiger partial charge in [-0.3, -0.25) is 13.9 Å². The number of piperidine rings is 1. The summed E-state index contributed by atoms with van der Waals surface area (Å²) in [6, 6.07) is 15.7. The number of nitrogens with zero attached hydrogens (tertiary/aromatic N) is 3. The Hall–Kier alpha value is -2.91. The summed E-state index contributed by atoms with van der Waals surface area (Å²) in [5.74, 6) is -0.0189. The second kappa shape index (κ2) is 9.30. The molecule has 1 aliphatic rings. The Bertz CT molecular complexity index is 1260. The Morgan fingerprint density at radius 3 is 2.19 bits per heavy atom. The number of likely N-dealkylation sites (tertiary alicyclic amines) is 1. The van der Waals surface area contributed by atoms with E-state index in [-0.39, 0.29) is 29.0 Å². The molecule has 2 heterocycles. The molecule has 1 fully saturated rings.